The lowest BCUT2D eigenvalue weighted by Crippen LogP contribution is -2.55. The van der Waals surface area contributed by atoms with Crippen LogP contribution < -0.4 is 16.1 Å². The van der Waals surface area contributed by atoms with Gasteiger partial charge in [0.1, 0.15) is 18.2 Å². The van der Waals surface area contributed by atoms with Crippen LogP contribution in [0.15, 0.2) is 46.2 Å². The van der Waals surface area contributed by atoms with Crippen molar-refractivity contribution in [3.05, 3.63) is 73.4 Å². The molecule has 9 nitrogen and oxygen atoms in total. The Kier molecular flexibility index (Phi) is 7.15. The molecule has 3 aromatic rings. The first-order valence-electron chi connectivity index (χ1n) is 11.0. The highest BCUT2D eigenvalue weighted by atomic mass is 35.5. The SMILES string of the molecule is CC(C)N1CCN(c2c(-c3ccc(F)c(Cl)c3)c(=O)n(-c3cncc(Cl)c3)c(=O)n2CC#N)CC1=O. The van der Waals surface area contributed by atoms with Gasteiger partial charge in [-0.2, -0.15) is 5.26 Å². The number of pyridine rings is 1. The minimum absolute atomic E-state index is 0.0162. The molecule has 1 amide bonds. The van der Waals surface area contributed by atoms with Gasteiger partial charge in [0.15, 0.2) is 0 Å². The summed E-state index contributed by atoms with van der Waals surface area (Å²) >= 11 is 12.1. The molecule has 186 valence electrons. The number of halogens is 3. The van der Waals surface area contributed by atoms with E-state index in [1.807, 2.05) is 19.9 Å². The molecule has 0 saturated carbocycles. The quantitative estimate of drug-likeness (QED) is 0.502. The van der Waals surface area contributed by atoms with E-state index < -0.39 is 23.6 Å². The van der Waals surface area contributed by atoms with E-state index in [0.29, 0.717) is 13.1 Å². The van der Waals surface area contributed by atoms with Crippen LogP contribution in [0, 0.1) is 17.1 Å². The van der Waals surface area contributed by atoms with Crippen LogP contribution in [0.3, 0.4) is 0 Å². The number of amides is 1. The first-order chi connectivity index (χ1) is 17.1. The average Bonchev–Trinajstić information content (AvgIpc) is 2.82. The van der Waals surface area contributed by atoms with Crippen molar-refractivity contribution in [2.75, 3.05) is 24.5 Å². The third-order valence-corrected chi connectivity index (χ3v) is 6.38. The zero-order chi connectivity index (χ0) is 26.1. The first-order valence-corrected chi connectivity index (χ1v) is 11.8. The largest absolute Gasteiger partial charge is 0.346 e. The van der Waals surface area contributed by atoms with E-state index in [1.165, 1.54) is 30.6 Å². The molecule has 1 fully saturated rings. The van der Waals surface area contributed by atoms with Gasteiger partial charge in [0.05, 0.1) is 40.1 Å². The molecule has 2 aromatic heterocycles. The molecular formula is C24H21Cl2FN6O3. The van der Waals surface area contributed by atoms with Gasteiger partial charge < -0.3 is 9.80 Å². The summed E-state index contributed by atoms with van der Waals surface area (Å²) in [5.41, 5.74) is -1.27. The predicted octanol–water partition coefficient (Wildman–Crippen LogP) is 3.09. The second-order valence-electron chi connectivity index (χ2n) is 8.46. The number of hydrogen-bond donors (Lipinski definition) is 0. The van der Waals surface area contributed by atoms with E-state index >= 15 is 0 Å². The van der Waals surface area contributed by atoms with Crippen molar-refractivity contribution in [1.82, 2.24) is 19.0 Å². The Hall–Kier alpha value is -3.68. The lowest BCUT2D eigenvalue weighted by atomic mass is 10.1. The molecule has 3 heterocycles. The number of nitrogens with zero attached hydrogens (tertiary/aromatic N) is 6. The molecule has 0 aliphatic carbocycles. The molecule has 0 atom stereocenters. The Bertz CT molecular complexity index is 1510. The molecule has 12 heteroatoms. The number of aromatic nitrogens is 3. The number of carbonyl (C=O) groups excluding carboxylic acids is 1. The van der Waals surface area contributed by atoms with Gasteiger partial charge in [-0.25, -0.2) is 13.8 Å². The van der Waals surface area contributed by atoms with Crippen molar-refractivity contribution in [3.63, 3.8) is 0 Å². The van der Waals surface area contributed by atoms with E-state index in [4.69, 9.17) is 23.2 Å². The monoisotopic (exact) mass is 530 g/mol. The lowest BCUT2D eigenvalue weighted by molar-refractivity contribution is -0.132. The summed E-state index contributed by atoms with van der Waals surface area (Å²) in [5, 5.41) is 9.52. The van der Waals surface area contributed by atoms with Crippen molar-refractivity contribution < 1.29 is 9.18 Å². The second-order valence-corrected chi connectivity index (χ2v) is 9.30. The summed E-state index contributed by atoms with van der Waals surface area (Å²) in [6.07, 6.45) is 2.64. The summed E-state index contributed by atoms with van der Waals surface area (Å²) < 4.78 is 16.0. The molecule has 1 aromatic carbocycles. The van der Waals surface area contributed by atoms with Crippen LogP contribution in [0.5, 0.6) is 0 Å². The number of carbonyl (C=O) groups is 1. The standard InChI is InChI=1S/C24H21Cl2FN6O3/c1-14(2)31-8-7-30(13-20(31)34)22-21(15-3-4-19(27)18(26)9-15)23(35)33(24(36)32(22)6-5-28)17-10-16(25)11-29-12-17/h3-4,9-12,14H,6-8,13H2,1-2H3. The molecule has 36 heavy (non-hydrogen) atoms. The maximum absolute atomic E-state index is 14.0. The molecule has 4 rings (SSSR count). The van der Waals surface area contributed by atoms with Crippen molar-refractivity contribution in [2.24, 2.45) is 0 Å². The van der Waals surface area contributed by atoms with Gasteiger partial charge in [0.2, 0.25) is 5.91 Å². The molecule has 1 aliphatic heterocycles. The van der Waals surface area contributed by atoms with Crippen molar-refractivity contribution in [1.29, 1.82) is 5.26 Å². The third kappa shape index (κ3) is 4.59. The van der Waals surface area contributed by atoms with Crippen LogP contribution >= 0.6 is 23.2 Å². The number of hydrogen-bond acceptors (Lipinski definition) is 6. The number of piperazine rings is 1. The van der Waals surface area contributed by atoms with Crippen LogP contribution in [0.1, 0.15) is 13.8 Å². The smallest absolute Gasteiger partial charge is 0.338 e. The Labute approximate surface area is 215 Å². The Morgan fingerprint density at radius 2 is 1.89 bits per heavy atom. The van der Waals surface area contributed by atoms with Crippen molar-refractivity contribution >= 4 is 34.9 Å². The van der Waals surface area contributed by atoms with E-state index in [9.17, 15) is 24.0 Å². The van der Waals surface area contributed by atoms with Crippen molar-refractivity contribution in [3.8, 4) is 22.9 Å². The molecule has 1 saturated heterocycles. The Morgan fingerprint density at radius 3 is 2.50 bits per heavy atom. The number of benzene rings is 1. The van der Waals surface area contributed by atoms with E-state index in [2.05, 4.69) is 4.98 Å². The van der Waals surface area contributed by atoms with Crippen molar-refractivity contribution in [2.45, 2.75) is 26.4 Å². The van der Waals surface area contributed by atoms with Crippen LogP contribution in [-0.2, 0) is 11.3 Å². The van der Waals surface area contributed by atoms with E-state index in [1.54, 1.807) is 9.80 Å². The van der Waals surface area contributed by atoms with Gasteiger partial charge in [-0.05, 0) is 37.6 Å². The minimum Gasteiger partial charge on any atom is -0.346 e. The van der Waals surface area contributed by atoms with Crippen LogP contribution in [-0.4, -0.2) is 50.6 Å². The molecule has 0 radical (unpaired) electrons. The van der Waals surface area contributed by atoms with Crippen LogP contribution in [0.4, 0.5) is 10.2 Å². The fourth-order valence-electron chi connectivity index (χ4n) is 4.25. The number of nitriles is 1. The normalized spacial score (nSPS) is 13.9. The molecular weight excluding hydrogens is 510 g/mol. The third-order valence-electron chi connectivity index (χ3n) is 5.88. The van der Waals surface area contributed by atoms with Crippen LogP contribution in [0.2, 0.25) is 10.0 Å². The maximum atomic E-state index is 14.0. The average molecular weight is 531 g/mol. The van der Waals surface area contributed by atoms with Gasteiger partial charge in [0.25, 0.3) is 5.56 Å². The van der Waals surface area contributed by atoms with E-state index in [-0.39, 0.29) is 51.2 Å². The van der Waals surface area contributed by atoms with Gasteiger partial charge in [0, 0.05) is 25.3 Å². The summed E-state index contributed by atoms with van der Waals surface area (Å²) in [6.45, 7) is 3.91. The first kappa shape index (κ1) is 25.4. The Balaban J connectivity index is 2.06. The Morgan fingerprint density at radius 1 is 1.14 bits per heavy atom. The van der Waals surface area contributed by atoms with Gasteiger partial charge in [-0.1, -0.05) is 29.3 Å². The summed E-state index contributed by atoms with van der Waals surface area (Å²) in [4.78, 5) is 47.6. The van der Waals surface area contributed by atoms with Gasteiger partial charge in [-0.3, -0.25) is 19.1 Å². The zero-order valence-electron chi connectivity index (χ0n) is 19.4. The topological polar surface area (TPSA) is 104 Å². The highest BCUT2D eigenvalue weighted by molar-refractivity contribution is 6.31. The lowest BCUT2D eigenvalue weighted by Gasteiger charge is -2.39. The molecule has 0 unspecified atom stereocenters. The molecule has 0 bridgehead atoms. The molecule has 1 aliphatic rings. The minimum atomic E-state index is -0.809. The molecule has 0 N–H and O–H groups in total. The van der Waals surface area contributed by atoms with Gasteiger partial charge in [-0.15, -0.1) is 0 Å². The second kappa shape index (κ2) is 10.1. The summed E-state index contributed by atoms with van der Waals surface area (Å²) in [6, 6.07) is 7.04. The van der Waals surface area contributed by atoms with Gasteiger partial charge >= 0.3 is 5.69 Å². The van der Waals surface area contributed by atoms with E-state index in [0.717, 1.165) is 15.2 Å². The maximum Gasteiger partial charge on any atom is 0.338 e. The number of rotatable bonds is 5. The molecule has 0 spiro atoms. The summed E-state index contributed by atoms with van der Waals surface area (Å²) in [5.74, 6) is -0.803. The zero-order valence-corrected chi connectivity index (χ0v) is 20.9. The fourth-order valence-corrected chi connectivity index (χ4v) is 4.60. The van der Waals surface area contributed by atoms with Crippen LogP contribution in [0.25, 0.3) is 16.8 Å². The predicted molar refractivity (Wildman–Crippen MR) is 134 cm³/mol. The summed E-state index contributed by atoms with van der Waals surface area (Å²) in [7, 11) is 0. The highest BCUT2D eigenvalue weighted by Crippen LogP contribution is 2.31. The highest BCUT2D eigenvalue weighted by Gasteiger charge is 2.32. The number of anilines is 1. The fraction of sp³-hybridized carbons (Fsp3) is 0.292.